The predicted molar refractivity (Wildman–Crippen MR) is 87.8 cm³/mol. The highest BCUT2D eigenvalue weighted by atomic mass is 32.2. The zero-order chi connectivity index (χ0) is 17.8. The molecule has 0 heterocycles. The van der Waals surface area contributed by atoms with Crippen LogP contribution in [-0.2, 0) is 19.7 Å². The second-order valence-electron chi connectivity index (χ2n) is 5.01. The molecule has 0 saturated heterocycles. The van der Waals surface area contributed by atoms with Gasteiger partial charge in [-0.25, -0.2) is 16.8 Å². The van der Waals surface area contributed by atoms with E-state index in [-0.39, 0.29) is 9.79 Å². The Kier molecular flexibility index (Phi) is 5.30. The fourth-order valence-electron chi connectivity index (χ4n) is 1.96. The number of rotatable bonds is 7. The lowest BCUT2D eigenvalue weighted by Gasteiger charge is -2.07. The standard InChI is InChI=1S/C16H14O6S2/c17-11-13-1-5-15(6-2-13)23(19,20)9-10-24(21,22)16-7-3-14(12-18)4-8-16/h1-8,11-12H,9-10H2. The van der Waals surface area contributed by atoms with Gasteiger partial charge < -0.3 is 0 Å². The third-order valence-corrected chi connectivity index (χ3v) is 7.09. The highest BCUT2D eigenvalue weighted by Gasteiger charge is 2.21. The van der Waals surface area contributed by atoms with Gasteiger partial charge >= 0.3 is 0 Å². The van der Waals surface area contributed by atoms with Crippen LogP contribution < -0.4 is 0 Å². The van der Waals surface area contributed by atoms with Crippen molar-refractivity contribution in [2.24, 2.45) is 0 Å². The highest BCUT2D eigenvalue weighted by Crippen LogP contribution is 2.16. The van der Waals surface area contributed by atoms with Crippen LogP contribution in [-0.4, -0.2) is 40.9 Å². The SMILES string of the molecule is O=Cc1ccc(S(=O)(=O)CCS(=O)(=O)c2ccc(C=O)cc2)cc1. The van der Waals surface area contributed by atoms with E-state index in [4.69, 9.17) is 0 Å². The minimum Gasteiger partial charge on any atom is -0.298 e. The lowest BCUT2D eigenvalue weighted by Crippen LogP contribution is -2.17. The van der Waals surface area contributed by atoms with Gasteiger partial charge in [-0.3, -0.25) is 9.59 Å². The molecular weight excluding hydrogens is 352 g/mol. The molecule has 2 aromatic rings. The number of carbonyl (C=O) groups excluding carboxylic acids is 2. The fourth-order valence-corrected chi connectivity index (χ4v) is 5.29. The first-order valence-corrected chi connectivity index (χ1v) is 10.1. The molecule has 6 nitrogen and oxygen atoms in total. The van der Waals surface area contributed by atoms with Crippen molar-refractivity contribution in [2.75, 3.05) is 11.5 Å². The molecule has 0 saturated carbocycles. The Hall–Kier alpha value is -2.32. The van der Waals surface area contributed by atoms with Gasteiger partial charge in [0.15, 0.2) is 19.7 Å². The second-order valence-corrected chi connectivity index (χ2v) is 9.23. The summed E-state index contributed by atoms with van der Waals surface area (Å²) >= 11 is 0. The van der Waals surface area contributed by atoms with Crippen molar-refractivity contribution in [3.63, 3.8) is 0 Å². The van der Waals surface area contributed by atoms with Crippen LogP contribution >= 0.6 is 0 Å². The van der Waals surface area contributed by atoms with Gasteiger partial charge in [0.25, 0.3) is 0 Å². The Labute approximate surface area is 140 Å². The van der Waals surface area contributed by atoms with Crippen molar-refractivity contribution in [2.45, 2.75) is 9.79 Å². The minimum atomic E-state index is -3.79. The Morgan fingerprint density at radius 1 is 0.583 bits per heavy atom. The summed E-state index contributed by atoms with van der Waals surface area (Å²) in [4.78, 5) is 21.1. The molecular formula is C16H14O6S2. The van der Waals surface area contributed by atoms with E-state index in [0.717, 1.165) is 0 Å². The molecule has 0 aromatic heterocycles. The summed E-state index contributed by atoms with van der Waals surface area (Å²) in [6.07, 6.45) is 1.17. The van der Waals surface area contributed by atoms with Crippen molar-refractivity contribution in [1.82, 2.24) is 0 Å². The number of sulfone groups is 2. The normalized spacial score (nSPS) is 11.8. The van der Waals surface area contributed by atoms with E-state index in [0.29, 0.717) is 23.7 Å². The summed E-state index contributed by atoms with van der Waals surface area (Å²) < 4.78 is 48.8. The van der Waals surface area contributed by atoms with Crippen LogP contribution in [0, 0.1) is 0 Å². The lowest BCUT2D eigenvalue weighted by atomic mass is 10.2. The third kappa shape index (κ3) is 4.15. The quantitative estimate of drug-likeness (QED) is 0.689. The van der Waals surface area contributed by atoms with Crippen molar-refractivity contribution in [1.29, 1.82) is 0 Å². The van der Waals surface area contributed by atoms with Crippen LogP contribution in [0.5, 0.6) is 0 Å². The highest BCUT2D eigenvalue weighted by molar-refractivity contribution is 7.95. The lowest BCUT2D eigenvalue weighted by molar-refractivity contribution is 0.111. The molecule has 2 rings (SSSR count). The van der Waals surface area contributed by atoms with Crippen LogP contribution in [0.15, 0.2) is 58.3 Å². The van der Waals surface area contributed by atoms with Crippen molar-refractivity contribution in [3.05, 3.63) is 59.7 Å². The molecule has 0 bridgehead atoms. The molecule has 0 radical (unpaired) electrons. The maximum atomic E-state index is 12.2. The summed E-state index contributed by atoms with van der Waals surface area (Å²) in [7, 11) is -7.58. The van der Waals surface area contributed by atoms with E-state index >= 15 is 0 Å². The number of hydrogen-bond acceptors (Lipinski definition) is 6. The molecule has 126 valence electrons. The first-order chi connectivity index (χ1) is 11.3. The van der Waals surface area contributed by atoms with Crippen molar-refractivity contribution < 1.29 is 26.4 Å². The summed E-state index contributed by atoms with van der Waals surface area (Å²) in [6.45, 7) is 0. The van der Waals surface area contributed by atoms with Gasteiger partial charge in [0.1, 0.15) is 12.6 Å². The number of carbonyl (C=O) groups is 2. The summed E-state index contributed by atoms with van der Waals surface area (Å²) in [5.74, 6) is -1.16. The first-order valence-electron chi connectivity index (χ1n) is 6.84. The Balaban J connectivity index is 2.17. The van der Waals surface area contributed by atoms with Crippen LogP contribution in [0.2, 0.25) is 0 Å². The van der Waals surface area contributed by atoms with Gasteiger partial charge in [-0.1, -0.05) is 24.3 Å². The molecule has 0 N–H and O–H groups in total. The Morgan fingerprint density at radius 2 is 0.875 bits per heavy atom. The molecule has 24 heavy (non-hydrogen) atoms. The number of hydrogen-bond donors (Lipinski definition) is 0. The van der Waals surface area contributed by atoms with Crippen LogP contribution in [0.25, 0.3) is 0 Å². The van der Waals surface area contributed by atoms with Crippen molar-refractivity contribution in [3.8, 4) is 0 Å². The largest absolute Gasteiger partial charge is 0.298 e. The molecule has 0 amide bonds. The van der Waals surface area contributed by atoms with E-state index in [1.54, 1.807) is 0 Å². The maximum absolute atomic E-state index is 12.2. The van der Waals surface area contributed by atoms with Crippen molar-refractivity contribution >= 4 is 32.2 Å². The van der Waals surface area contributed by atoms with Crippen LogP contribution in [0.1, 0.15) is 20.7 Å². The monoisotopic (exact) mass is 366 g/mol. The maximum Gasteiger partial charge on any atom is 0.179 e. The molecule has 0 aliphatic heterocycles. The Bertz CT molecular complexity index is 859. The topological polar surface area (TPSA) is 102 Å². The fraction of sp³-hybridized carbons (Fsp3) is 0.125. The summed E-state index contributed by atoms with van der Waals surface area (Å²) in [5, 5.41) is 0. The first kappa shape index (κ1) is 18.0. The van der Waals surface area contributed by atoms with E-state index in [1.807, 2.05) is 0 Å². The molecule has 8 heteroatoms. The second kappa shape index (κ2) is 7.06. The molecule has 0 unspecified atom stereocenters. The molecule has 0 spiro atoms. The average molecular weight is 366 g/mol. The van der Waals surface area contributed by atoms with E-state index in [2.05, 4.69) is 0 Å². The number of benzene rings is 2. The predicted octanol–water partition coefficient (Wildman–Crippen LogP) is 1.56. The van der Waals surface area contributed by atoms with Gasteiger partial charge in [-0.05, 0) is 24.3 Å². The molecule has 2 aromatic carbocycles. The van der Waals surface area contributed by atoms with Crippen LogP contribution in [0.4, 0.5) is 0 Å². The molecule has 0 atom stereocenters. The van der Waals surface area contributed by atoms with Gasteiger partial charge in [0, 0.05) is 11.1 Å². The minimum absolute atomic E-state index is 0.0420. The van der Waals surface area contributed by atoms with Crippen LogP contribution in [0.3, 0.4) is 0 Å². The van der Waals surface area contributed by atoms with Gasteiger partial charge in [0.2, 0.25) is 0 Å². The number of aldehydes is 2. The summed E-state index contributed by atoms with van der Waals surface area (Å²) in [5.41, 5.74) is 0.661. The zero-order valence-electron chi connectivity index (χ0n) is 12.5. The van der Waals surface area contributed by atoms with Gasteiger partial charge in [-0.2, -0.15) is 0 Å². The van der Waals surface area contributed by atoms with Gasteiger partial charge in [-0.15, -0.1) is 0 Å². The molecule has 0 aliphatic rings. The summed E-state index contributed by atoms with van der Waals surface area (Å²) in [6, 6.07) is 10.5. The Morgan fingerprint density at radius 3 is 1.12 bits per heavy atom. The average Bonchev–Trinajstić information content (AvgIpc) is 2.60. The molecule has 0 aliphatic carbocycles. The van der Waals surface area contributed by atoms with Gasteiger partial charge in [0.05, 0.1) is 21.3 Å². The smallest absolute Gasteiger partial charge is 0.179 e. The molecule has 0 fully saturated rings. The zero-order valence-corrected chi connectivity index (χ0v) is 14.1. The van der Waals surface area contributed by atoms with E-state index < -0.39 is 31.2 Å². The van der Waals surface area contributed by atoms with E-state index in [1.165, 1.54) is 48.5 Å². The van der Waals surface area contributed by atoms with E-state index in [9.17, 15) is 26.4 Å². The third-order valence-electron chi connectivity index (χ3n) is 3.37.